The summed E-state index contributed by atoms with van der Waals surface area (Å²) in [5, 5.41) is 13.2. The third-order valence-corrected chi connectivity index (χ3v) is 2.85. The number of phenolic OH excluding ortho intramolecular Hbond substituents is 1. The molecule has 2 rings (SSSR count). The zero-order chi connectivity index (χ0) is 12.3. The van der Waals surface area contributed by atoms with E-state index in [0.717, 1.165) is 17.0 Å². The average molecular weight is 231 g/mol. The van der Waals surface area contributed by atoms with Gasteiger partial charge in [-0.1, -0.05) is 18.2 Å². The van der Waals surface area contributed by atoms with Crippen molar-refractivity contribution >= 4 is 0 Å². The molecule has 0 aliphatic heterocycles. The van der Waals surface area contributed by atoms with E-state index in [1.165, 1.54) is 0 Å². The highest BCUT2D eigenvalue weighted by molar-refractivity contribution is 5.39. The molecule has 0 fully saturated rings. The van der Waals surface area contributed by atoms with Crippen LogP contribution in [-0.2, 0) is 6.54 Å². The second-order valence-electron chi connectivity index (χ2n) is 4.16. The molecule has 0 spiro atoms. The van der Waals surface area contributed by atoms with Gasteiger partial charge in [-0.3, -0.25) is 0 Å². The lowest BCUT2D eigenvalue weighted by Gasteiger charge is -2.13. The molecule has 1 atom stereocenters. The van der Waals surface area contributed by atoms with E-state index in [9.17, 15) is 5.11 Å². The minimum atomic E-state index is 0.130. The number of imidazole rings is 1. The number of nitrogens with zero attached hydrogens (tertiary/aromatic N) is 1. The number of aromatic nitrogens is 2. The summed E-state index contributed by atoms with van der Waals surface area (Å²) in [7, 11) is 0. The van der Waals surface area contributed by atoms with E-state index in [1.54, 1.807) is 12.4 Å². The SMILES string of the molecule is Cc1cccc(CNC(C)c2ncc[nH]2)c1O. The Kier molecular flexibility index (Phi) is 3.44. The predicted molar refractivity (Wildman–Crippen MR) is 66.7 cm³/mol. The molecule has 2 aromatic rings. The maximum absolute atomic E-state index is 9.88. The lowest BCUT2D eigenvalue weighted by atomic mass is 10.1. The fourth-order valence-corrected chi connectivity index (χ4v) is 1.74. The van der Waals surface area contributed by atoms with E-state index in [-0.39, 0.29) is 6.04 Å². The fraction of sp³-hybridized carbons (Fsp3) is 0.308. The van der Waals surface area contributed by atoms with E-state index in [1.807, 2.05) is 32.0 Å². The standard InChI is InChI=1S/C13H17N3O/c1-9-4-3-5-11(12(9)17)8-16-10(2)13-14-6-7-15-13/h3-7,10,16-17H,8H2,1-2H3,(H,14,15). The third kappa shape index (κ3) is 2.65. The summed E-state index contributed by atoms with van der Waals surface area (Å²) in [5.41, 5.74) is 1.80. The van der Waals surface area contributed by atoms with Crippen molar-refractivity contribution in [2.24, 2.45) is 0 Å². The van der Waals surface area contributed by atoms with Gasteiger partial charge in [0.15, 0.2) is 0 Å². The van der Waals surface area contributed by atoms with Crippen molar-refractivity contribution in [2.75, 3.05) is 0 Å². The number of nitrogens with one attached hydrogen (secondary N) is 2. The first-order valence-electron chi connectivity index (χ1n) is 5.68. The molecule has 0 amide bonds. The van der Waals surface area contributed by atoms with Crippen LogP contribution in [0.5, 0.6) is 5.75 Å². The molecule has 4 nitrogen and oxygen atoms in total. The van der Waals surface area contributed by atoms with Crippen LogP contribution in [0.2, 0.25) is 0 Å². The van der Waals surface area contributed by atoms with Gasteiger partial charge in [-0.15, -0.1) is 0 Å². The molecule has 90 valence electrons. The van der Waals surface area contributed by atoms with E-state index in [0.29, 0.717) is 12.3 Å². The Hall–Kier alpha value is -1.81. The number of benzene rings is 1. The Balaban J connectivity index is 2.00. The highest BCUT2D eigenvalue weighted by atomic mass is 16.3. The molecule has 1 heterocycles. The fourth-order valence-electron chi connectivity index (χ4n) is 1.74. The predicted octanol–water partition coefficient (Wildman–Crippen LogP) is 2.27. The number of para-hydroxylation sites is 1. The molecule has 0 aliphatic rings. The summed E-state index contributed by atoms with van der Waals surface area (Å²) in [4.78, 5) is 7.25. The smallest absolute Gasteiger partial charge is 0.122 e. The Labute approximate surface area is 101 Å². The van der Waals surface area contributed by atoms with Gasteiger partial charge in [-0.05, 0) is 19.4 Å². The van der Waals surface area contributed by atoms with E-state index >= 15 is 0 Å². The van der Waals surface area contributed by atoms with Gasteiger partial charge >= 0.3 is 0 Å². The first-order valence-corrected chi connectivity index (χ1v) is 5.68. The molecule has 0 bridgehead atoms. The highest BCUT2D eigenvalue weighted by Gasteiger charge is 2.08. The largest absolute Gasteiger partial charge is 0.507 e. The van der Waals surface area contributed by atoms with Crippen molar-refractivity contribution in [1.82, 2.24) is 15.3 Å². The zero-order valence-electron chi connectivity index (χ0n) is 10.1. The Morgan fingerprint density at radius 3 is 3.00 bits per heavy atom. The minimum Gasteiger partial charge on any atom is -0.507 e. The van der Waals surface area contributed by atoms with Gasteiger partial charge in [0, 0.05) is 24.5 Å². The van der Waals surface area contributed by atoms with Gasteiger partial charge in [-0.25, -0.2) is 4.98 Å². The maximum Gasteiger partial charge on any atom is 0.122 e. The number of H-pyrrole nitrogens is 1. The van der Waals surface area contributed by atoms with E-state index < -0.39 is 0 Å². The summed E-state index contributed by atoms with van der Waals surface area (Å²) in [6, 6.07) is 5.90. The summed E-state index contributed by atoms with van der Waals surface area (Å²) in [5.74, 6) is 1.27. The van der Waals surface area contributed by atoms with Crippen LogP contribution in [-0.4, -0.2) is 15.1 Å². The zero-order valence-corrected chi connectivity index (χ0v) is 10.1. The quantitative estimate of drug-likeness (QED) is 0.756. The van der Waals surface area contributed by atoms with Crippen LogP contribution < -0.4 is 5.32 Å². The van der Waals surface area contributed by atoms with Gasteiger partial charge in [0.05, 0.1) is 6.04 Å². The first kappa shape index (κ1) is 11.7. The summed E-state index contributed by atoms with van der Waals surface area (Å²) < 4.78 is 0. The molecule has 0 radical (unpaired) electrons. The Morgan fingerprint density at radius 2 is 2.29 bits per heavy atom. The molecule has 3 N–H and O–H groups in total. The molecular weight excluding hydrogens is 214 g/mol. The number of aromatic amines is 1. The van der Waals surface area contributed by atoms with Gasteiger partial charge < -0.3 is 15.4 Å². The van der Waals surface area contributed by atoms with E-state index in [2.05, 4.69) is 15.3 Å². The number of rotatable bonds is 4. The number of hydrogen-bond donors (Lipinski definition) is 3. The second-order valence-corrected chi connectivity index (χ2v) is 4.16. The van der Waals surface area contributed by atoms with Crippen LogP contribution in [0.25, 0.3) is 0 Å². The number of hydrogen-bond acceptors (Lipinski definition) is 3. The van der Waals surface area contributed by atoms with Crippen LogP contribution in [0.1, 0.15) is 29.9 Å². The van der Waals surface area contributed by atoms with Gasteiger partial charge in [0.2, 0.25) is 0 Å². The molecule has 1 unspecified atom stereocenters. The van der Waals surface area contributed by atoms with Gasteiger partial charge in [-0.2, -0.15) is 0 Å². The topological polar surface area (TPSA) is 60.9 Å². The van der Waals surface area contributed by atoms with Crippen molar-refractivity contribution in [3.05, 3.63) is 47.5 Å². The average Bonchev–Trinajstić information content (AvgIpc) is 2.84. The van der Waals surface area contributed by atoms with Crippen molar-refractivity contribution in [3.63, 3.8) is 0 Å². The van der Waals surface area contributed by atoms with Crippen LogP contribution >= 0.6 is 0 Å². The Bertz CT molecular complexity index is 479. The summed E-state index contributed by atoms with van der Waals surface area (Å²) >= 11 is 0. The van der Waals surface area contributed by atoms with Crippen LogP contribution in [0, 0.1) is 6.92 Å². The monoisotopic (exact) mass is 231 g/mol. The molecule has 1 aromatic carbocycles. The Morgan fingerprint density at radius 1 is 1.47 bits per heavy atom. The maximum atomic E-state index is 9.88. The number of aromatic hydroxyl groups is 1. The van der Waals surface area contributed by atoms with Gasteiger partial charge in [0.1, 0.15) is 11.6 Å². The minimum absolute atomic E-state index is 0.130. The van der Waals surface area contributed by atoms with Crippen LogP contribution in [0.4, 0.5) is 0 Å². The van der Waals surface area contributed by atoms with Crippen molar-refractivity contribution in [1.29, 1.82) is 0 Å². The normalized spacial score (nSPS) is 12.6. The van der Waals surface area contributed by atoms with Crippen molar-refractivity contribution < 1.29 is 5.11 Å². The lowest BCUT2D eigenvalue weighted by molar-refractivity contribution is 0.455. The second kappa shape index (κ2) is 5.01. The lowest BCUT2D eigenvalue weighted by Crippen LogP contribution is -2.19. The molecule has 4 heteroatoms. The summed E-state index contributed by atoms with van der Waals surface area (Å²) in [6.07, 6.45) is 3.54. The van der Waals surface area contributed by atoms with Crippen molar-refractivity contribution in [2.45, 2.75) is 26.4 Å². The molecular formula is C13H17N3O. The molecule has 0 aliphatic carbocycles. The molecule has 0 saturated carbocycles. The van der Waals surface area contributed by atoms with E-state index in [4.69, 9.17) is 0 Å². The molecule has 1 aromatic heterocycles. The molecule has 17 heavy (non-hydrogen) atoms. The first-order chi connectivity index (χ1) is 8.18. The number of phenols is 1. The van der Waals surface area contributed by atoms with Gasteiger partial charge in [0.25, 0.3) is 0 Å². The molecule has 0 saturated heterocycles. The number of aryl methyl sites for hydroxylation is 1. The van der Waals surface area contributed by atoms with Crippen LogP contribution in [0.3, 0.4) is 0 Å². The summed E-state index contributed by atoms with van der Waals surface area (Å²) in [6.45, 7) is 4.55. The van der Waals surface area contributed by atoms with Crippen molar-refractivity contribution in [3.8, 4) is 5.75 Å². The third-order valence-electron chi connectivity index (χ3n) is 2.85. The van der Waals surface area contributed by atoms with Crippen LogP contribution in [0.15, 0.2) is 30.6 Å². The highest BCUT2D eigenvalue weighted by Crippen LogP contribution is 2.21.